The molecule has 1 aliphatic rings. The highest BCUT2D eigenvalue weighted by molar-refractivity contribution is 5.90. The molecule has 1 saturated heterocycles. The van der Waals surface area contributed by atoms with Crippen LogP contribution in [0, 0.1) is 5.92 Å². The van der Waals surface area contributed by atoms with Crippen molar-refractivity contribution in [3.05, 3.63) is 18.5 Å². The zero-order chi connectivity index (χ0) is 13.5. The van der Waals surface area contributed by atoms with Crippen molar-refractivity contribution in [1.82, 2.24) is 14.9 Å². The number of piperidine rings is 1. The van der Waals surface area contributed by atoms with Crippen LogP contribution in [0.1, 0.15) is 19.3 Å². The maximum atomic E-state index is 11.9. The molecule has 1 fully saturated rings. The molecule has 0 aliphatic carbocycles. The number of nitrogens with two attached hydrogens (primary N) is 1. The number of hydrogen-bond acceptors (Lipinski definition) is 5. The van der Waals surface area contributed by atoms with E-state index in [0.717, 1.165) is 32.5 Å². The molecule has 0 saturated carbocycles. The molecular weight excluding hydrogens is 242 g/mol. The molecule has 0 bridgehead atoms. The molecule has 1 aromatic heterocycles. The lowest BCUT2D eigenvalue weighted by atomic mass is 9.95. The monoisotopic (exact) mass is 263 g/mol. The van der Waals surface area contributed by atoms with Gasteiger partial charge in [0.15, 0.2) is 0 Å². The minimum absolute atomic E-state index is 0.0559. The molecular formula is C13H21N5O. The van der Waals surface area contributed by atoms with E-state index >= 15 is 0 Å². The Hall–Kier alpha value is -1.53. The first kappa shape index (κ1) is 13.9. The second-order valence-corrected chi connectivity index (χ2v) is 4.94. The van der Waals surface area contributed by atoms with Gasteiger partial charge in [-0.3, -0.25) is 15.0 Å². The standard InChI is InChI=1S/C13H21N5O/c14-5-4-11-3-1-8-18(9-11)10-12(19)17-13-15-6-2-7-16-13/h2,6-7,11H,1,3-5,8-10,14H2,(H,15,16,17,19). The molecule has 1 atom stereocenters. The van der Waals surface area contributed by atoms with Gasteiger partial charge in [-0.05, 0) is 44.3 Å². The Morgan fingerprint density at radius 2 is 2.26 bits per heavy atom. The number of amides is 1. The highest BCUT2D eigenvalue weighted by Gasteiger charge is 2.21. The maximum absolute atomic E-state index is 11.9. The number of rotatable bonds is 5. The van der Waals surface area contributed by atoms with Crippen molar-refractivity contribution in [3.63, 3.8) is 0 Å². The van der Waals surface area contributed by atoms with Crippen molar-refractivity contribution in [1.29, 1.82) is 0 Å². The minimum Gasteiger partial charge on any atom is -0.330 e. The Labute approximate surface area is 113 Å². The number of carbonyl (C=O) groups is 1. The topological polar surface area (TPSA) is 84.1 Å². The smallest absolute Gasteiger partial charge is 0.240 e. The van der Waals surface area contributed by atoms with Gasteiger partial charge < -0.3 is 5.73 Å². The van der Waals surface area contributed by atoms with Crippen LogP contribution in [-0.4, -0.2) is 47.0 Å². The fourth-order valence-corrected chi connectivity index (χ4v) is 2.50. The highest BCUT2D eigenvalue weighted by atomic mass is 16.2. The Bertz CT molecular complexity index is 395. The SMILES string of the molecule is NCCC1CCCN(CC(=O)Nc2ncccn2)C1. The van der Waals surface area contributed by atoms with Crippen LogP contribution in [0.5, 0.6) is 0 Å². The van der Waals surface area contributed by atoms with Crippen molar-refractivity contribution in [3.8, 4) is 0 Å². The van der Waals surface area contributed by atoms with E-state index in [1.807, 2.05) is 0 Å². The van der Waals surface area contributed by atoms with E-state index in [4.69, 9.17) is 5.73 Å². The molecule has 6 heteroatoms. The van der Waals surface area contributed by atoms with Crippen molar-refractivity contribution in [2.45, 2.75) is 19.3 Å². The first-order valence-corrected chi connectivity index (χ1v) is 6.77. The Balaban J connectivity index is 1.78. The van der Waals surface area contributed by atoms with Gasteiger partial charge in [0.25, 0.3) is 0 Å². The summed E-state index contributed by atoms with van der Waals surface area (Å²) >= 11 is 0. The number of anilines is 1. The maximum Gasteiger partial charge on any atom is 0.240 e. The normalized spacial score (nSPS) is 20.2. The molecule has 1 aliphatic heterocycles. The second kappa shape index (κ2) is 7.16. The second-order valence-electron chi connectivity index (χ2n) is 4.94. The fourth-order valence-electron chi connectivity index (χ4n) is 2.50. The van der Waals surface area contributed by atoms with Gasteiger partial charge in [-0.2, -0.15) is 0 Å². The van der Waals surface area contributed by atoms with E-state index in [-0.39, 0.29) is 5.91 Å². The third-order valence-electron chi connectivity index (χ3n) is 3.36. The zero-order valence-electron chi connectivity index (χ0n) is 11.1. The summed E-state index contributed by atoms with van der Waals surface area (Å²) in [5.41, 5.74) is 5.59. The summed E-state index contributed by atoms with van der Waals surface area (Å²) in [5.74, 6) is 0.933. The molecule has 2 rings (SSSR count). The van der Waals surface area contributed by atoms with Crippen LogP contribution in [0.2, 0.25) is 0 Å². The highest BCUT2D eigenvalue weighted by Crippen LogP contribution is 2.18. The van der Waals surface area contributed by atoms with Gasteiger partial charge in [0.05, 0.1) is 6.54 Å². The molecule has 1 aromatic rings. The van der Waals surface area contributed by atoms with Crippen LogP contribution in [0.25, 0.3) is 0 Å². The van der Waals surface area contributed by atoms with E-state index in [1.165, 1.54) is 6.42 Å². The fraction of sp³-hybridized carbons (Fsp3) is 0.615. The molecule has 0 radical (unpaired) electrons. The van der Waals surface area contributed by atoms with Gasteiger partial charge in [0.1, 0.15) is 0 Å². The van der Waals surface area contributed by atoms with Crippen LogP contribution < -0.4 is 11.1 Å². The van der Waals surface area contributed by atoms with Crippen LogP contribution >= 0.6 is 0 Å². The van der Waals surface area contributed by atoms with E-state index in [1.54, 1.807) is 18.5 Å². The summed E-state index contributed by atoms with van der Waals surface area (Å²) < 4.78 is 0. The predicted octanol–water partition coefficient (Wildman–Crippen LogP) is 0.476. The summed E-state index contributed by atoms with van der Waals surface area (Å²) in [4.78, 5) is 22.0. The van der Waals surface area contributed by atoms with E-state index in [2.05, 4.69) is 20.2 Å². The van der Waals surface area contributed by atoms with Crippen LogP contribution in [-0.2, 0) is 4.79 Å². The van der Waals surface area contributed by atoms with Crippen molar-refractivity contribution in [2.24, 2.45) is 11.7 Å². The Morgan fingerprint density at radius 1 is 1.47 bits per heavy atom. The molecule has 19 heavy (non-hydrogen) atoms. The summed E-state index contributed by atoms with van der Waals surface area (Å²) in [7, 11) is 0. The van der Waals surface area contributed by atoms with Crippen molar-refractivity contribution < 1.29 is 4.79 Å². The van der Waals surface area contributed by atoms with Crippen LogP contribution in [0.4, 0.5) is 5.95 Å². The third kappa shape index (κ3) is 4.57. The van der Waals surface area contributed by atoms with Gasteiger partial charge in [0.2, 0.25) is 11.9 Å². The number of nitrogens with zero attached hydrogens (tertiary/aromatic N) is 3. The van der Waals surface area contributed by atoms with Gasteiger partial charge in [-0.1, -0.05) is 0 Å². The van der Waals surface area contributed by atoms with Gasteiger partial charge >= 0.3 is 0 Å². The Kier molecular flexibility index (Phi) is 5.23. The first-order valence-electron chi connectivity index (χ1n) is 6.77. The van der Waals surface area contributed by atoms with Crippen molar-refractivity contribution >= 4 is 11.9 Å². The lowest BCUT2D eigenvalue weighted by Gasteiger charge is -2.31. The number of nitrogens with one attached hydrogen (secondary N) is 1. The summed E-state index contributed by atoms with van der Waals surface area (Å²) in [6, 6.07) is 1.72. The van der Waals surface area contributed by atoms with Gasteiger partial charge in [-0.15, -0.1) is 0 Å². The predicted molar refractivity (Wildman–Crippen MR) is 73.5 cm³/mol. The molecule has 0 spiro atoms. The molecule has 0 aromatic carbocycles. The first-order chi connectivity index (χ1) is 9.28. The van der Waals surface area contributed by atoms with Crippen molar-refractivity contribution in [2.75, 3.05) is 31.5 Å². The lowest BCUT2D eigenvalue weighted by molar-refractivity contribution is -0.117. The summed E-state index contributed by atoms with van der Waals surface area (Å²) in [5, 5.41) is 2.71. The van der Waals surface area contributed by atoms with E-state index < -0.39 is 0 Å². The molecule has 2 heterocycles. The average molecular weight is 263 g/mol. The number of aromatic nitrogens is 2. The molecule has 1 unspecified atom stereocenters. The molecule has 3 N–H and O–H groups in total. The quantitative estimate of drug-likeness (QED) is 0.807. The van der Waals surface area contributed by atoms with E-state index in [0.29, 0.717) is 18.4 Å². The number of hydrogen-bond donors (Lipinski definition) is 2. The Morgan fingerprint density at radius 3 is 3.00 bits per heavy atom. The van der Waals surface area contributed by atoms with Crippen LogP contribution in [0.15, 0.2) is 18.5 Å². The number of carbonyl (C=O) groups excluding carboxylic acids is 1. The van der Waals surface area contributed by atoms with E-state index in [9.17, 15) is 4.79 Å². The lowest BCUT2D eigenvalue weighted by Crippen LogP contribution is -2.41. The van der Waals surface area contributed by atoms with Crippen LogP contribution in [0.3, 0.4) is 0 Å². The summed E-state index contributed by atoms with van der Waals surface area (Å²) in [6.07, 6.45) is 6.62. The number of likely N-dealkylation sites (tertiary alicyclic amines) is 1. The largest absolute Gasteiger partial charge is 0.330 e. The minimum atomic E-state index is -0.0559. The molecule has 1 amide bonds. The molecule has 6 nitrogen and oxygen atoms in total. The zero-order valence-corrected chi connectivity index (χ0v) is 11.1. The third-order valence-corrected chi connectivity index (χ3v) is 3.36. The van der Waals surface area contributed by atoms with Gasteiger partial charge in [-0.25, -0.2) is 9.97 Å². The average Bonchev–Trinajstić information content (AvgIpc) is 2.40. The summed E-state index contributed by atoms with van der Waals surface area (Å²) in [6.45, 7) is 3.06. The van der Waals surface area contributed by atoms with Gasteiger partial charge in [0, 0.05) is 18.9 Å². The molecule has 104 valence electrons.